The van der Waals surface area contributed by atoms with Crippen molar-refractivity contribution in [1.29, 1.82) is 0 Å². The molecule has 0 amide bonds. The lowest BCUT2D eigenvalue weighted by atomic mass is 9.77. The SMILES string of the molecule is Cc1ncc(-c2ccc3cnc(CC(=O)C4CC(F)(F)C4)nc3c2)n1C. The van der Waals surface area contributed by atoms with Crippen LogP contribution in [0.4, 0.5) is 8.78 Å². The van der Waals surface area contributed by atoms with Gasteiger partial charge in [0.2, 0.25) is 5.92 Å². The number of carbonyl (C=O) groups is 1. The van der Waals surface area contributed by atoms with E-state index in [0.29, 0.717) is 5.82 Å². The molecule has 0 spiro atoms. The summed E-state index contributed by atoms with van der Waals surface area (Å²) in [5.74, 6) is -2.20. The molecule has 2 heterocycles. The molecule has 1 aliphatic rings. The summed E-state index contributed by atoms with van der Waals surface area (Å²) in [4.78, 5) is 25.1. The van der Waals surface area contributed by atoms with Crippen molar-refractivity contribution in [2.75, 3.05) is 0 Å². The number of halogens is 2. The first-order valence-electron chi connectivity index (χ1n) is 8.47. The number of imidazole rings is 1. The number of nitrogens with zero attached hydrogens (tertiary/aromatic N) is 4. The molecular formula is C19H18F2N4O. The fourth-order valence-corrected chi connectivity index (χ4v) is 3.27. The second kappa shape index (κ2) is 5.93. The minimum Gasteiger partial charge on any atom is -0.331 e. The Morgan fingerprint density at radius 2 is 2.04 bits per heavy atom. The van der Waals surface area contributed by atoms with Gasteiger partial charge in [-0.1, -0.05) is 12.1 Å². The molecule has 3 aromatic rings. The van der Waals surface area contributed by atoms with E-state index in [0.717, 1.165) is 28.0 Å². The van der Waals surface area contributed by atoms with Crippen molar-refractivity contribution in [3.8, 4) is 11.3 Å². The number of hydrogen-bond acceptors (Lipinski definition) is 4. The summed E-state index contributed by atoms with van der Waals surface area (Å²) < 4.78 is 27.9. The predicted octanol–water partition coefficient (Wildman–Crippen LogP) is 3.50. The summed E-state index contributed by atoms with van der Waals surface area (Å²) in [7, 11) is 1.94. The lowest BCUT2D eigenvalue weighted by Gasteiger charge is -2.33. The number of benzene rings is 1. The Morgan fingerprint density at radius 1 is 1.27 bits per heavy atom. The first-order valence-corrected chi connectivity index (χ1v) is 8.47. The first kappa shape index (κ1) is 16.8. The average Bonchev–Trinajstić information content (AvgIpc) is 2.91. The predicted molar refractivity (Wildman–Crippen MR) is 92.9 cm³/mol. The number of fused-ring (bicyclic) bond motifs is 1. The van der Waals surface area contributed by atoms with Crippen molar-refractivity contribution in [2.45, 2.75) is 32.1 Å². The van der Waals surface area contributed by atoms with Crippen molar-refractivity contribution in [3.05, 3.63) is 42.2 Å². The standard InChI is InChI=1S/C19H18F2N4O/c1-11-22-10-16(25(11)2)12-3-4-13-9-23-18(24-15(13)5-12)6-17(26)14-7-19(20,21)8-14/h3-5,9-10,14H,6-8H2,1-2H3. The van der Waals surface area contributed by atoms with E-state index in [9.17, 15) is 13.6 Å². The molecule has 26 heavy (non-hydrogen) atoms. The van der Waals surface area contributed by atoms with Crippen molar-refractivity contribution in [3.63, 3.8) is 0 Å². The molecule has 2 aromatic heterocycles. The maximum atomic E-state index is 12.9. The molecule has 0 radical (unpaired) electrons. The average molecular weight is 356 g/mol. The molecule has 1 fully saturated rings. The minimum atomic E-state index is -2.69. The van der Waals surface area contributed by atoms with E-state index < -0.39 is 11.8 Å². The quantitative estimate of drug-likeness (QED) is 0.718. The summed E-state index contributed by atoms with van der Waals surface area (Å²) in [5.41, 5.74) is 2.66. The zero-order valence-electron chi connectivity index (χ0n) is 14.5. The van der Waals surface area contributed by atoms with Gasteiger partial charge in [-0.25, -0.2) is 23.7 Å². The van der Waals surface area contributed by atoms with Gasteiger partial charge in [-0.15, -0.1) is 0 Å². The van der Waals surface area contributed by atoms with Gasteiger partial charge in [-0.3, -0.25) is 4.79 Å². The number of alkyl halides is 2. The Bertz CT molecular complexity index is 1000. The van der Waals surface area contributed by atoms with Crippen molar-refractivity contribution in [1.82, 2.24) is 19.5 Å². The molecule has 134 valence electrons. The van der Waals surface area contributed by atoms with Crippen LogP contribution >= 0.6 is 0 Å². The topological polar surface area (TPSA) is 60.7 Å². The number of rotatable bonds is 4. The van der Waals surface area contributed by atoms with Gasteiger partial charge < -0.3 is 4.57 Å². The highest BCUT2D eigenvalue weighted by atomic mass is 19.3. The Morgan fingerprint density at radius 3 is 2.69 bits per heavy atom. The number of Topliss-reactive ketones (excluding diaryl/α,β-unsaturated/α-hetero) is 1. The van der Waals surface area contributed by atoms with E-state index >= 15 is 0 Å². The van der Waals surface area contributed by atoms with Gasteiger partial charge >= 0.3 is 0 Å². The van der Waals surface area contributed by atoms with Crippen LogP contribution in [0.1, 0.15) is 24.5 Å². The van der Waals surface area contributed by atoms with Gasteiger partial charge in [0.1, 0.15) is 17.4 Å². The van der Waals surface area contributed by atoms with Crippen LogP contribution in [0.2, 0.25) is 0 Å². The summed E-state index contributed by atoms with van der Waals surface area (Å²) in [6, 6.07) is 5.83. The van der Waals surface area contributed by atoms with Crippen LogP contribution in [0.25, 0.3) is 22.2 Å². The Kier molecular flexibility index (Phi) is 3.82. The van der Waals surface area contributed by atoms with E-state index in [1.807, 2.05) is 36.7 Å². The molecule has 0 aliphatic heterocycles. The number of carbonyl (C=O) groups excluding carboxylic acids is 1. The van der Waals surface area contributed by atoms with E-state index in [2.05, 4.69) is 15.0 Å². The first-order chi connectivity index (χ1) is 12.3. The molecule has 1 aliphatic carbocycles. The molecule has 0 bridgehead atoms. The van der Waals surface area contributed by atoms with Crippen molar-refractivity contribution < 1.29 is 13.6 Å². The van der Waals surface area contributed by atoms with Crippen LogP contribution in [-0.4, -0.2) is 31.2 Å². The Hall–Kier alpha value is -2.70. The molecule has 4 rings (SSSR count). The van der Waals surface area contributed by atoms with Gasteiger partial charge in [0.05, 0.1) is 23.8 Å². The van der Waals surface area contributed by atoms with Crippen LogP contribution < -0.4 is 0 Å². The fraction of sp³-hybridized carbons (Fsp3) is 0.368. The Labute approximate surface area is 149 Å². The maximum Gasteiger partial charge on any atom is 0.249 e. The highest BCUT2D eigenvalue weighted by Gasteiger charge is 2.48. The third kappa shape index (κ3) is 2.98. The van der Waals surface area contributed by atoms with Crippen LogP contribution in [0, 0.1) is 12.8 Å². The van der Waals surface area contributed by atoms with E-state index in [4.69, 9.17) is 0 Å². The normalized spacial score (nSPS) is 16.6. The van der Waals surface area contributed by atoms with Gasteiger partial charge in [0.15, 0.2) is 0 Å². The van der Waals surface area contributed by atoms with Gasteiger partial charge in [-0.2, -0.15) is 0 Å². The van der Waals surface area contributed by atoms with Crippen LogP contribution in [0.5, 0.6) is 0 Å². The lowest BCUT2D eigenvalue weighted by molar-refractivity contribution is -0.147. The lowest BCUT2D eigenvalue weighted by Crippen LogP contribution is -2.40. The second-order valence-electron chi connectivity index (χ2n) is 6.91. The Balaban J connectivity index is 1.60. The number of ketones is 1. The van der Waals surface area contributed by atoms with Gasteiger partial charge in [-0.05, 0) is 13.0 Å². The zero-order valence-corrected chi connectivity index (χ0v) is 14.5. The van der Waals surface area contributed by atoms with Crippen LogP contribution in [0.3, 0.4) is 0 Å². The van der Waals surface area contributed by atoms with Crippen LogP contribution in [-0.2, 0) is 18.3 Å². The highest BCUT2D eigenvalue weighted by molar-refractivity contribution is 5.85. The molecule has 0 N–H and O–H groups in total. The highest BCUT2D eigenvalue weighted by Crippen LogP contribution is 2.43. The van der Waals surface area contributed by atoms with E-state index in [1.54, 1.807) is 12.4 Å². The summed E-state index contributed by atoms with van der Waals surface area (Å²) in [5, 5.41) is 0.860. The summed E-state index contributed by atoms with van der Waals surface area (Å²) >= 11 is 0. The minimum absolute atomic E-state index is 0.00820. The summed E-state index contributed by atoms with van der Waals surface area (Å²) in [6.45, 7) is 1.93. The van der Waals surface area contributed by atoms with E-state index in [1.165, 1.54) is 0 Å². The molecule has 1 aromatic carbocycles. The van der Waals surface area contributed by atoms with E-state index in [-0.39, 0.29) is 25.0 Å². The molecule has 0 saturated heterocycles. The van der Waals surface area contributed by atoms with Gasteiger partial charge in [0, 0.05) is 43.0 Å². The number of aryl methyl sites for hydroxylation is 1. The molecule has 0 atom stereocenters. The molecule has 0 unspecified atom stereocenters. The van der Waals surface area contributed by atoms with Crippen molar-refractivity contribution >= 4 is 16.7 Å². The maximum absolute atomic E-state index is 12.9. The molecule has 5 nitrogen and oxygen atoms in total. The van der Waals surface area contributed by atoms with Crippen molar-refractivity contribution in [2.24, 2.45) is 13.0 Å². The van der Waals surface area contributed by atoms with Gasteiger partial charge in [0.25, 0.3) is 0 Å². The largest absolute Gasteiger partial charge is 0.331 e. The third-order valence-electron chi connectivity index (χ3n) is 5.03. The number of hydrogen-bond donors (Lipinski definition) is 0. The zero-order chi connectivity index (χ0) is 18.5. The number of aromatic nitrogens is 4. The second-order valence-corrected chi connectivity index (χ2v) is 6.91. The molecule has 1 saturated carbocycles. The van der Waals surface area contributed by atoms with Crippen LogP contribution in [0.15, 0.2) is 30.6 Å². The molecule has 7 heteroatoms. The monoisotopic (exact) mass is 356 g/mol. The summed E-state index contributed by atoms with van der Waals surface area (Å²) in [6.07, 6.45) is 2.75. The molecular weight excluding hydrogens is 338 g/mol. The fourth-order valence-electron chi connectivity index (χ4n) is 3.27. The smallest absolute Gasteiger partial charge is 0.249 e. The third-order valence-corrected chi connectivity index (χ3v) is 5.03.